The monoisotopic (exact) mass is 461 g/mol. The zero-order chi connectivity index (χ0) is 24.4. The summed E-state index contributed by atoms with van der Waals surface area (Å²) in [4.78, 5) is 38.7. The van der Waals surface area contributed by atoms with Gasteiger partial charge in [0, 0.05) is 25.3 Å². The van der Waals surface area contributed by atoms with Crippen molar-refractivity contribution in [2.75, 3.05) is 0 Å². The molecule has 3 N–H and O–H groups in total. The van der Waals surface area contributed by atoms with Crippen molar-refractivity contribution in [3.63, 3.8) is 0 Å². The number of aromatic hydroxyl groups is 2. The standard InChI is InChI=1S/C26H27N3O5/c1-3-17-9-19(29-14-21(31)13-28-29)7-15(2)24(17)25-22(32)10-18(26(25)34)11-23(33)27-12-16-5-4-6-20(30)8-16/h4-9,13-14,18,25,30-31H,3,10-12H2,1-2H3,(H,27,33). The van der Waals surface area contributed by atoms with Crippen LogP contribution in [0.1, 0.15) is 47.9 Å². The van der Waals surface area contributed by atoms with Crippen molar-refractivity contribution in [2.24, 2.45) is 5.92 Å². The predicted octanol–water partition coefficient (Wildman–Crippen LogP) is 3.10. The molecule has 2 unspecified atom stereocenters. The lowest BCUT2D eigenvalue weighted by molar-refractivity contribution is -0.128. The van der Waals surface area contributed by atoms with Crippen LogP contribution in [0.15, 0.2) is 48.8 Å². The Morgan fingerprint density at radius 3 is 2.65 bits per heavy atom. The Labute approximate surface area is 197 Å². The van der Waals surface area contributed by atoms with Gasteiger partial charge in [-0.1, -0.05) is 19.1 Å². The van der Waals surface area contributed by atoms with E-state index >= 15 is 0 Å². The number of aromatic nitrogens is 2. The van der Waals surface area contributed by atoms with E-state index in [1.165, 1.54) is 12.4 Å². The number of amides is 1. The number of hydrogen-bond acceptors (Lipinski definition) is 6. The Bertz CT molecular complexity index is 1260. The second-order valence-electron chi connectivity index (χ2n) is 8.69. The average molecular weight is 462 g/mol. The van der Waals surface area contributed by atoms with Crippen LogP contribution in [0.25, 0.3) is 5.69 Å². The van der Waals surface area contributed by atoms with Crippen LogP contribution >= 0.6 is 0 Å². The molecule has 0 aliphatic heterocycles. The highest BCUT2D eigenvalue weighted by Gasteiger charge is 2.44. The van der Waals surface area contributed by atoms with Crippen LogP contribution in [0.5, 0.6) is 11.5 Å². The number of aryl methyl sites for hydroxylation is 2. The SMILES string of the molecule is CCc1cc(-n2cc(O)cn2)cc(C)c1C1C(=O)CC(CC(=O)NCc2cccc(O)c2)C1=O. The molecule has 1 amide bonds. The van der Waals surface area contributed by atoms with Gasteiger partial charge in [-0.25, -0.2) is 4.68 Å². The summed E-state index contributed by atoms with van der Waals surface area (Å²) in [6.45, 7) is 4.05. The number of phenolic OH excluding ortho intramolecular Hbond substituents is 1. The van der Waals surface area contributed by atoms with Gasteiger partial charge in [0.1, 0.15) is 17.5 Å². The second kappa shape index (κ2) is 9.51. The molecule has 0 saturated heterocycles. The van der Waals surface area contributed by atoms with Gasteiger partial charge in [-0.3, -0.25) is 14.4 Å². The van der Waals surface area contributed by atoms with E-state index in [9.17, 15) is 24.6 Å². The molecular formula is C26H27N3O5. The molecule has 4 rings (SSSR count). The highest BCUT2D eigenvalue weighted by molar-refractivity contribution is 6.15. The zero-order valence-corrected chi connectivity index (χ0v) is 19.1. The predicted molar refractivity (Wildman–Crippen MR) is 125 cm³/mol. The fraction of sp³-hybridized carbons (Fsp3) is 0.308. The van der Waals surface area contributed by atoms with E-state index in [1.807, 2.05) is 26.0 Å². The molecule has 1 heterocycles. The number of nitrogens with one attached hydrogen (secondary N) is 1. The zero-order valence-electron chi connectivity index (χ0n) is 19.1. The van der Waals surface area contributed by atoms with Gasteiger partial charge in [0.2, 0.25) is 5.91 Å². The largest absolute Gasteiger partial charge is 0.508 e. The third-order valence-corrected chi connectivity index (χ3v) is 6.25. The fourth-order valence-corrected chi connectivity index (χ4v) is 4.64. The topological polar surface area (TPSA) is 122 Å². The van der Waals surface area contributed by atoms with Gasteiger partial charge < -0.3 is 15.5 Å². The van der Waals surface area contributed by atoms with Gasteiger partial charge in [0.05, 0.1) is 18.1 Å². The molecule has 8 nitrogen and oxygen atoms in total. The smallest absolute Gasteiger partial charge is 0.221 e. The first-order chi connectivity index (χ1) is 16.3. The highest BCUT2D eigenvalue weighted by atomic mass is 16.3. The quantitative estimate of drug-likeness (QED) is 0.465. The molecule has 1 aliphatic rings. The van der Waals surface area contributed by atoms with Crippen LogP contribution in [0, 0.1) is 12.8 Å². The molecule has 1 saturated carbocycles. The Morgan fingerprint density at radius 1 is 1.18 bits per heavy atom. The van der Waals surface area contributed by atoms with E-state index in [-0.39, 0.29) is 48.4 Å². The normalized spacial score (nSPS) is 17.8. The van der Waals surface area contributed by atoms with Crippen LogP contribution in [0.3, 0.4) is 0 Å². The molecule has 2 aromatic carbocycles. The first-order valence-electron chi connectivity index (χ1n) is 11.2. The molecule has 8 heteroatoms. The Balaban J connectivity index is 1.50. The van der Waals surface area contributed by atoms with Crippen LogP contribution in [-0.2, 0) is 27.3 Å². The van der Waals surface area contributed by atoms with Gasteiger partial charge in [-0.05, 0) is 59.9 Å². The van der Waals surface area contributed by atoms with Crippen molar-refractivity contribution in [3.05, 3.63) is 71.0 Å². The van der Waals surface area contributed by atoms with Gasteiger partial charge >= 0.3 is 0 Å². The van der Waals surface area contributed by atoms with Gasteiger partial charge in [-0.15, -0.1) is 0 Å². The van der Waals surface area contributed by atoms with Crippen LogP contribution in [-0.4, -0.2) is 37.5 Å². The summed E-state index contributed by atoms with van der Waals surface area (Å²) >= 11 is 0. The number of ketones is 2. The molecule has 0 radical (unpaired) electrons. The van der Waals surface area contributed by atoms with Crippen molar-refractivity contribution in [1.29, 1.82) is 0 Å². The van der Waals surface area contributed by atoms with E-state index in [2.05, 4.69) is 10.4 Å². The van der Waals surface area contributed by atoms with Crippen LogP contribution < -0.4 is 5.32 Å². The maximum absolute atomic E-state index is 13.3. The van der Waals surface area contributed by atoms with Gasteiger partial charge in [0.25, 0.3) is 0 Å². The van der Waals surface area contributed by atoms with Gasteiger partial charge in [0.15, 0.2) is 11.5 Å². The van der Waals surface area contributed by atoms with E-state index in [0.717, 1.165) is 22.4 Å². The van der Waals surface area contributed by atoms with Crippen molar-refractivity contribution >= 4 is 17.5 Å². The molecule has 34 heavy (non-hydrogen) atoms. The second-order valence-corrected chi connectivity index (χ2v) is 8.69. The van der Waals surface area contributed by atoms with E-state index in [1.54, 1.807) is 28.9 Å². The number of phenols is 1. The Kier molecular flexibility index (Phi) is 6.49. The summed E-state index contributed by atoms with van der Waals surface area (Å²) in [6.07, 6.45) is 3.44. The molecule has 1 fully saturated rings. The lowest BCUT2D eigenvalue weighted by atomic mass is 9.85. The summed E-state index contributed by atoms with van der Waals surface area (Å²) < 4.78 is 1.54. The third-order valence-electron chi connectivity index (χ3n) is 6.25. The van der Waals surface area contributed by atoms with E-state index < -0.39 is 11.8 Å². The first-order valence-corrected chi connectivity index (χ1v) is 11.2. The van der Waals surface area contributed by atoms with E-state index in [4.69, 9.17) is 0 Å². The highest BCUT2D eigenvalue weighted by Crippen LogP contribution is 2.38. The number of carbonyl (C=O) groups is 3. The van der Waals surface area contributed by atoms with Gasteiger partial charge in [-0.2, -0.15) is 5.10 Å². The van der Waals surface area contributed by atoms with Crippen molar-refractivity contribution in [2.45, 2.75) is 45.6 Å². The van der Waals surface area contributed by atoms with Crippen LogP contribution in [0.4, 0.5) is 0 Å². The number of nitrogens with zero attached hydrogens (tertiary/aromatic N) is 2. The number of hydrogen-bond donors (Lipinski definition) is 3. The summed E-state index contributed by atoms with van der Waals surface area (Å²) in [5.74, 6) is -2.07. The minimum Gasteiger partial charge on any atom is -0.508 e. The number of Topliss-reactive ketones (excluding diaryl/α,β-unsaturated/α-hetero) is 2. The Hall–Kier alpha value is -3.94. The number of carbonyl (C=O) groups excluding carboxylic acids is 3. The minimum atomic E-state index is -0.876. The maximum atomic E-state index is 13.3. The van der Waals surface area contributed by atoms with Crippen molar-refractivity contribution in [1.82, 2.24) is 15.1 Å². The maximum Gasteiger partial charge on any atom is 0.221 e. The molecule has 0 bridgehead atoms. The lowest BCUT2D eigenvalue weighted by Crippen LogP contribution is -2.27. The Morgan fingerprint density at radius 2 is 1.97 bits per heavy atom. The molecule has 0 spiro atoms. The summed E-state index contributed by atoms with van der Waals surface area (Å²) in [6, 6.07) is 10.3. The lowest BCUT2D eigenvalue weighted by Gasteiger charge is -2.18. The molecule has 3 aromatic rings. The van der Waals surface area contributed by atoms with Crippen LogP contribution in [0.2, 0.25) is 0 Å². The summed E-state index contributed by atoms with van der Waals surface area (Å²) in [5.41, 5.74) is 3.85. The number of benzene rings is 2. The minimum absolute atomic E-state index is 0.0421. The molecule has 176 valence electrons. The molecule has 1 aromatic heterocycles. The first kappa shape index (κ1) is 23.2. The van der Waals surface area contributed by atoms with E-state index in [0.29, 0.717) is 12.0 Å². The fourth-order valence-electron chi connectivity index (χ4n) is 4.64. The van der Waals surface area contributed by atoms with Crippen molar-refractivity contribution in [3.8, 4) is 17.2 Å². The number of rotatable bonds is 7. The average Bonchev–Trinajstić information content (AvgIpc) is 3.35. The third kappa shape index (κ3) is 4.71. The summed E-state index contributed by atoms with van der Waals surface area (Å²) in [5, 5.41) is 26.0. The van der Waals surface area contributed by atoms with Crippen molar-refractivity contribution < 1.29 is 24.6 Å². The summed E-state index contributed by atoms with van der Waals surface area (Å²) in [7, 11) is 0. The molecular weight excluding hydrogens is 434 g/mol. The molecule has 1 aliphatic carbocycles. The molecule has 2 atom stereocenters.